The van der Waals surface area contributed by atoms with Crippen molar-refractivity contribution in [1.82, 2.24) is 0 Å². The summed E-state index contributed by atoms with van der Waals surface area (Å²) in [6.07, 6.45) is 12.6. The Morgan fingerprint density at radius 3 is 2.64 bits per heavy atom. The van der Waals surface area contributed by atoms with Crippen LogP contribution in [0, 0.1) is 5.92 Å². The molecule has 0 bridgehead atoms. The molecule has 0 heteroatoms. The Labute approximate surface area is 85.3 Å². The summed E-state index contributed by atoms with van der Waals surface area (Å²) in [7, 11) is 0. The Balaban J connectivity index is 2.07. The van der Waals surface area contributed by atoms with E-state index in [0.29, 0.717) is 5.92 Å². The van der Waals surface area contributed by atoms with E-state index in [0.717, 1.165) is 12.8 Å². The number of allylic oxidation sites excluding steroid dienone is 7. The fourth-order valence-electron chi connectivity index (χ4n) is 1.71. The highest BCUT2D eigenvalue weighted by molar-refractivity contribution is 5.39. The standard InChI is InChI=1S/C14H14/c1-11-3-5-13(9-11)7-8-14-6-4-12(2)10-14/h3-7,13H,1-2,9-10H2. The molecule has 0 nitrogen and oxygen atoms in total. The fourth-order valence-corrected chi connectivity index (χ4v) is 1.71. The summed E-state index contributed by atoms with van der Waals surface area (Å²) >= 11 is 0. The molecule has 0 saturated carbocycles. The summed E-state index contributed by atoms with van der Waals surface area (Å²) in [4.78, 5) is 0. The van der Waals surface area contributed by atoms with Crippen molar-refractivity contribution in [3.05, 3.63) is 66.0 Å². The molecule has 14 heavy (non-hydrogen) atoms. The van der Waals surface area contributed by atoms with E-state index in [2.05, 4.69) is 49.3 Å². The third kappa shape index (κ3) is 2.04. The van der Waals surface area contributed by atoms with Crippen LogP contribution in [0.15, 0.2) is 66.0 Å². The second-order valence-corrected chi connectivity index (χ2v) is 3.89. The Morgan fingerprint density at radius 2 is 2.07 bits per heavy atom. The molecule has 2 aliphatic carbocycles. The second kappa shape index (κ2) is 3.69. The highest BCUT2D eigenvalue weighted by Crippen LogP contribution is 2.23. The average molecular weight is 182 g/mol. The van der Waals surface area contributed by atoms with Gasteiger partial charge < -0.3 is 0 Å². The lowest BCUT2D eigenvalue weighted by Gasteiger charge is -1.96. The lowest BCUT2D eigenvalue weighted by molar-refractivity contribution is 0.849. The van der Waals surface area contributed by atoms with Gasteiger partial charge in [0.05, 0.1) is 0 Å². The molecule has 2 aliphatic rings. The van der Waals surface area contributed by atoms with E-state index in [9.17, 15) is 0 Å². The van der Waals surface area contributed by atoms with Crippen LogP contribution in [-0.4, -0.2) is 0 Å². The minimum absolute atomic E-state index is 0.497. The molecule has 0 aromatic heterocycles. The first-order valence-corrected chi connectivity index (χ1v) is 4.91. The fraction of sp³-hybridized carbons (Fsp3) is 0.214. The summed E-state index contributed by atoms with van der Waals surface area (Å²) in [5.41, 5.74) is 6.95. The number of rotatable bonds is 1. The van der Waals surface area contributed by atoms with Crippen LogP contribution < -0.4 is 0 Å². The Bertz CT molecular complexity index is 396. The smallest absolute Gasteiger partial charge is 0.00660 e. The zero-order chi connectivity index (χ0) is 9.97. The molecule has 1 unspecified atom stereocenters. The molecule has 0 aromatic rings. The van der Waals surface area contributed by atoms with Gasteiger partial charge in [0.1, 0.15) is 0 Å². The van der Waals surface area contributed by atoms with Crippen molar-refractivity contribution >= 4 is 0 Å². The van der Waals surface area contributed by atoms with Crippen LogP contribution in [0.4, 0.5) is 0 Å². The number of hydrogen-bond acceptors (Lipinski definition) is 0. The van der Waals surface area contributed by atoms with Gasteiger partial charge in [-0.1, -0.05) is 48.6 Å². The van der Waals surface area contributed by atoms with Crippen LogP contribution in [0.1, 0.15) is 12.8 Å². The summed E-state index contributed by atoms with van der Waals surface area (Å²) in [5, 5.41) is 0. The van der Waals surface area contributed by atoms with Crippen LogP contribution >= 0.6 is 0 Å². The lowest BCUT2D eigenvalue weighted by Crippen LogP contribution is -1.83. The van der Waals surface area contributed by atoms with E-state index in [-0.39, 0.29) is 0 Å². The third-order valence-electron chi connectivity index (χ3n) is 2.50. The van der Waals surface area contributed by atoms with Crippen molar-refractivity contribution < 1.29 is 0 Å². The number of hydrogen-bond donors (Lipinski definition) is 0. The zero-order valence-electron chi connectivity index (χ0n) is 8.29. The third-order valence-corrected chi connectivity index (χ3v) is 2.50. The van der Waals surface area contributed by atoms with Crippen molar-refractivity contribution in [2.75, 3.05) is 0 Å². The minimum atomic E-state index is 0.497. The zero-order valence-corrected chi connectivity index (χ0v) is 8.29. The molecule has 70 valence electrons. The van der Waals surface area contributed by atoms with E-state index in [1.54, 1.807) is 0 Å². The molecule has 0 fully saturated rings. The maximum Gasteiger partial charge on any atom is 0.00660 e. The predicted octanol–water partition coefficient (Wildman–Crippen LogP) is 3.72. The molecule has 0 spiro atoms. The Kier molecular flexibility index (Phi) is 2.39. The second-order valence-electron chi connectivity index (χ2n) is 3.89. The summed E-state index contributed by atoms with van der Waals surface area (Å²) in [5.74, 6) is 0.497. The largest absolute Gasteiger partial charge is 0.121 e. The van der Waals surface area contributed by atoms with Crippen molar-refractivity contribution in [1.29, 1.82) is 0 Å². The van der Waals surface area contributed by atoms with Crippen molar-refractivity contribution in [3.63, 3.8) is 0 Å². The predicted molar refractivity (Wildman–Crippen MR) is 60.9 cm³/mol. The van der Waals surface area contributed by atoms with Gasteiger partial charge in [-0.15, -0.1) is 5.73 Å². The van der Waals surface area contributed by atoms with Crippen LogP contribution in [0.2, 0.25) is 0 Å². The quantitative estimate of drug-likeness (QED) is 0.542. The molecule has 0 amide bonds. The molecule has 0 radical (unpaired) electrons. The first-order valence-electron chi connectivity index (χ1n) is 4.91. The van der Waals surface area contributed by atoms with Gasteiger partial charge >= 0.3 is 0 Å². The molecule has 2 rings (SSSR count). The van der Waals surface area contributed by atoms with Gasteiger partial charge in [0, 0.05) is 12.3 Å². The molecule has 0 aromatic carbocycles. The first-order chi connectivity index (χ1) is 6.74. The van der Waals surface area contributed by atoms with E-state index in [1.807, 2.05) is 0 Å². The summed E-state index contributed by atoms with van der Waals surface area (Å²) in [6, 6.07) is 0. The normalized spacial score (nSPS) is 24.6. The lowest BCUT2D eigenvalue weighted by atomic mass is 10.1. The van der Waals surface area contributed by atoms with E-state index >= 15 is 0 Å². The highest BCUT2D eigenvalue weighted by atomic mass is 14.1. The van der Waals surface area contributed by atoms with E-state index in [1.165, 1.54) is 16.7 Å². The molecule has 1 atom stereocenters. The highest BCUT2D eigenvalue weighted by Gasteiger charge is 2.08. The van der Waals surface area contributed by atoms with E-state index < -0.39 is 0 Å². The van der Waals surface area contributed by atoms with Crippen LogP contribution in [0.5, 0.6) is 0 Å². The van der Waals surface area contributed by atoms with Crippen LogP contribution in [-0.2, 0) is 0 Å². The summed E-state index contributed by atoms with van der Waals surface area (Å²) in [6.45, 7) is 7.83. The van der Waals surface area contributed by atoms with Crippen LogP contribution in [0.3, 0.4) is 0 Å². The first kappa shape index (κ1) is 9.05. The maximum absolute atomic E-state index is 3.93. The van der Waals surface area contributed by atoms with Gasteiger partial charge in [0.25, 0.3) is 0 Å². The van der Waals surface area contributed by atoms with Gasteiger partial charge in [-0.05, 0) is 18.1 Å². The molecule has 0 saturated heterocycles. The van der Waals surface area contributed by atoms with Crippen LogP contribution in [0.25, 0.3) is 0 Å². The van der Waals surface area contributed by atoms with Gasteiger partial charge in [0.2, 0.25) is 0 Å². The maximum atomic E-state index is 3.93. The van der Waals surface area contributed by atoms with E-state index in [4.69, 9.17) is 0 Å². The van der Waals surface area contributed by atoms with Crippen molar-refractivity contribution in [3.8, 4) is 0 Å². The Hall–Kier alpha value is -1.52. The van der Waals surface area contributed by atoms with Crippen molar-refractivity contribution in [2.24, 2.45) is 5.92 Å². The monoisotopic (exact) mass is 182 g/mol. The van der Waals surface area contributed by atoms with Gasteiger partial charge in [-0.2, -0.15) is 0 Å². The SMILES string of the molecule is C=C1C=CC(=C=CC2C=CC(=C)C2)C1. The van der Waals surface area contributed by atoms with Gasteiger partial charge in [0.15, 0.2) is 0 Å². The molecular formula is C14H14. The van der Waals surface area contributed by atoms with Crippen molar-refractivity contribution in [2.45, 2.75) is 12.8 Å². The molecular weight excluding hydrogens is 168 g/mol. The average Bonchev–Trinajstić information content (AvgIpc) is 2.72. The molecule has 0 N–H and O–H groups in total. The van der Waals surface area contributed by atoms with Gasteiger partial charge in [-0.3, -0.25) is 0 Å². The Morgan fingerprint density at radius 1 is 1.21 bits per heavy atom. The summed E-state index contributed by atoms with van der Waals surface area (Å²) < 4.78 is 0. The van der Waals surface area contributed by atoms with Gasteiger partial charge in [-0.25, -0.2) is 0 Å². The molecule has 0 heterocycles. The topological polar surface area (TPSA) is 0 Å². The minimum Gasteiger partial charge on any atom is -0.121 e. The molecule has 0 aliphatic heterocycles.